The smallest absolute Gasteiger partial charge is 0.255 e. The molecule has 2 N–H and O–H groups in total. The van der Waals surface area contributed by atoms with E-state index in [4.69, 9.17) is 0 Å². The van der Waals surface area contributed by atoms with Crippen LogP contribution in [-0.4, -0.2) is 12.5 Å². The minimum absolute atomic E-state index is 0.0569. The number of fused-ring (bicyclic) bond motifs is 1. The highest BCUT2D eigenvalue weighted by molar-refractivity contribution is 6.04. The van der Waals surface area contributed by atoms with Crippen LogP contribution in [0.25, 0.3) is 0 Å². The molecule has 1 aliphatic heterocycles. The van der Waals surface area contributed by atoms with E-state index in [0.29, 0.717) is 5.56 Å². The van der Waals surface area contributed by atoms with Gasteiger partial charge in [0.1, 0.15) is 0 Å². The fourth-order valence-corrected chi connectivity index (χ4v) is 2.48. The van der Waals surface area contributed by atoms with Gasteiger partial charge in [0.05, 0.1) is 0 Å². The van der Waals surface area contributed by atoms with Crippen LogP contribution in [0.2, 0.25) is 0 Å². The molecule has 2 aromatic rings. The van der Waals surface area contributed by atoms with Gasteiger partial charge < -0.3 is 10.6 Å². The molecule has 3 nitrogen and oxygen atoms in total. The van der Waals surface area contributed by atoms with Gasteiger partial charge in [0.15, 0.2) is 0 Å². The Labute approximate surface area is 119 Å². The SMILES string of the molecule is CCc1ccc(C(=O)Nc2ccc3c(c2)CCN3)cc1. The number of anilines is 2. The molecule has 0 atom stereocenters. The summed E-state index contributed by atoms with van der Waals surface area (Å²) in [6.07, 6.45) is 2.00. The van der Waals surface area contributed by atoms with Crippen LogP contribution >= 0.6 is 0 Å². The van der Waals surface area contributed by atoms with Crippen LogP contribution < -0.4 is 10.6 Å². The van der Waals surface area contributed by atoms with Crippen LogP contribution in [-0.2, 0) is 12.8 Å². The van der Waals surface area contributed by atoms with Crippen molar-refractivity contribution in [2.75, 3.05) is 17.2 Å². The van der Waals surface area contributed by atoms with Crippen LogP contribution in [0.5, 0.6) is 0 Å². The quantitative estimate of drug-likeness (QED) is 0.893. The Morgan fingerprint density at radius 2 is 2.00 bits per heavy atom. The number of carbonyl (C=O) groups is 1. The predicted octanol–water partition coefficient (Wildman–Crippen LogP) is 3.47. The van der Waals surface area contributed by atoms with Gasteiger partial charge in [-0.05, 0) is 54.3 Å². The number of nitrogens with one attached hydrogen (secondary N) is 2. The lowest BCUT2D eigenvalue weighted by molar-refractivity contribution is 0.102. The average Bonchev–Trinajstić information content (AvgIpc) is 2.95. The summed E-state index contributed by atoms with van der Waals surface area (Å²) >= 11 is 0. The highest BCUT2D eigenvalue weighted by Crippen LogP contribution is 2.25. The summed E-state index contributed by atoms with van der Waals surface area (Å²) in [6.45, 7) is 3.08. The van der Waals surface area contributed by atoms with Gasteiger partial charge in [-0.3, -0.25) is 4.79 Å². The summed E-state index contributed by atoms with van der Waals surface area (Å²) in [7, 11) is 0. The fraction of sp³-hybridized carbons (Fsp3) is 0.235. The number of benzene rings is 2. The molecule has 0 aliphatic carbocycles. The molecule has 0 radical (unpaired) electrons. The van der Waals surface area contributed by atoms with Crippen LogP contribution in [0, 0.1) is 0 Å². The first kappa shape index (κ1) is 12.7. The summed E-state index contributed by atoms with van der Waals surface area (Å²) in [5.41, 5.74) is 5.24. The molecule has 2 aromatic carbocycles. The highest BCUT2D eigenvalue weighted by atomic mass is 16.1. The lowest BCUT2D eigenvalue weighted by Gasteiger charge is -2.08. The van der Waals surface area contributed by atoms with Crippen LogP contribution in [0.1, 0.15) is 28.4 Å². The third kappa shape index (κ3) is 2.52. The fourth-order valence-electron chi connectivity index (χ4n) is 2.48. The second-order valence-corrected chi connectivity index (χ2v) is 5.05. The predicted molar refractivity (Wildman–Crippen MR) is 82.4 cm³/mol. The van der Waals surface area contributed by atoms with Gasteiger partial charge >= 0.3 is 0 Å². The van der Waals surface area contributed by atoms with Gasteiger partial charge in [0, 0.05) is 23.5 Å². The number of hydrogen-bond acceptors (Lipinski definition) is 2. The summed E-state index contributed by atoms with van der Waals surface area (Å²) in [5, 5.41) is 6.27. The summed E-state index contributed by atoms with van der Waals surface area (Å²) in [5.74, 6) is -0.0569. The van der Waals surface area contributed by atoms with Crippen molar-refractivity contribution in [3.63, 3.8) is 0 Å². The molecule has 0 spiro atoms. The molecule has 1 heterocycles. The normalized spacial score (nSPS) is 12.7. The monoisotopic (exact) mass is 266 g/mol. The Hall–Kier alpha value is -2.29. The van der Waals surface area contributed by atoms with Gasteiger partial charge in [-0.2, -0.15) is 0 Å². The van der Waals surface area contributed by atoms with E-state index in [-0.39, 0.29) is 5.91 Å². The van der Waals surface area contributed by atoms with Gasteiger partial charge in [-0.25, -0.2) is 0 Å². The zero-order chi connectivity index (χ0) is 13.9. The maximum absolute atomic E-state index is 12.2. The molecule has 20 heavy (non-hydrogen) atoms. The topological polar surface area (TPSA) is 41.1 Å². The zero-order valence-electron chi connectivity index (χ0n) is 11.6. The number of amides is 1. The molecule has 0 saturated heterocycles. The van der Waals surface area contributed by atoms with Crippen LogP contribution in [0.15, 0.2) is 42.5 Å². The lowest BCUT2D eigenvalue weighted by atomic mass is 10.1. The number of carbonyl (C=O) groups excluding carboxylic acids is 1. The van der Waals surface area contributed by atoms with E-state index in [1.165, 1.54) is 16.8 Å². The summed E-state index contributed by atoms with van der Waals surface area (Å²) in [4.78, 5) is 12.2. The lowest BCUT2D eigenvalue weighted by Crippen LogP contribution is -2.11. The molecule has 1 amide bonds. The van der Waals surface area contributed by atoms with Crippen molar-refractivity contribution < 1.29 is 4.79 Å². The molecule has 0 fully saturated rings. The second kappa shape index (κ2) is 5.37. The first-order valence-corrected chi connectivity index (χ1v) is 7.03. The minimum Gasteiger partial charge on any atom is -0.384 e. The molecule has 0 bridgehead atoms. The van der Waals surface area contributed by atoms with Crippen molar-refractivity contribution in [1.82, 2.24) is 0 Å². The van der Waals surface area contributed by atoms with Crippen molar-refractivity contribution in [1.29, 1.82) is 0 Å². The van der Waals surface area contributed by atoms with Gasteiger partial charge in [-0.15, -0.1) is 0 Å². The molecule has 0 aromatic heterocycles. The Balaban J connectivity index is 1.75. The maximum atomic E-state index is 12.2. The van der Waals surface area contributed by atoms with E-state index < -0.39 is 0 Å². The second-order valence-electron chi connectivity index (χ2n) is 5.05. The molecule has 102 valence electrons. The van der Waals surface area contributed by atoms with Crippen molar-refractivity contribution in [3.05, 3.63) is 59.2 Å². The van der Waals surface area contributed by atoms with Crippen molar-refractivity contribution in [2.45, 2.75) is 19.8 Å². The average molecular weight is 266 g/mol. The number of aryl methyl sites for hydroxylation is 1. The number of rotatable bonds is 3. The molecule has 0 saturated carbocycles. The van der Waals surface area contributed by atoms with E-state index >= 15 is 0 Å². The molecule has 3 heteroatoms. The van der Waals surface area contributed by atoms with Crippen molar-refractivity contribution in [3.8, 4) is 0 Å². The van der Waals surface area contributed by atoms with Crippen LogP contribution in [0.4, 0.5) is 11.4 Å². The highest BCUT2D eigenvalue weighted by Gasteiger charge is 2.11. The Morgan fingerprint density at radius 3 is 2.75 bits per heavy atom. The zero-order valence-corrected chi connectivity index (χ0v) is 11.6. The molecule has 3 rings (SSSR count). The molecule has 0 unspecified atom stereocenters. The molecular formula is C17H18N2O. The molecule has 1 aliphatic rings. The van der Waals surface area contributed by atoms with Crippen LogP contribution in [0.3, 0.4) is 0 Å². The van der Waals surface area contributed by atoms with E-state index in [2.05, 4.69) is 17.6 Å². The van der Waals surface area contributed by atoms with E-state index in [1.807, 2.05) is 42.5 Å². The maximum Gasteiger partial charge on any atom is 0.255 e. The Bertz CT molecular complexity index is 632. The first-order valence-electron chi connectivity index (χ1n) is 7.03. The Kier molecular flexibility index (Phi) is 3.42. The third-order valence-corrected chi connectivity index (χ3v) is 3.70. The van der Waals surface area contributed by atoms with E-state index in [0.717, 1.165) is 25.1 Å². The molecular weight excluding hydrogens is 248 g/mol. The third-order valence-electron chi connectivity index (χ3n) is 3.70. The van der Waals surface area contributed by atoms with Crippen molar-refractivity contribution in [2.24, 2.45) is 0 Å². The van der Waals surface area contributed by atoms with E-state index in [9.17, 15) is 4.79 Å². The number of hydrogen-bond donors (Lipinski definition) is 2. The first-order chi connectivity index (χ1) is 9.76. The minimum atomic E-state index is -0.0569. The Morgan fingerprint density at radius 1 is 1.20 bits per heavy atom. The van der Waals surface area contributed by atoms with Crippen molar-refractivity contribution >= 4 is 17.3 Å². The van der Waals surface area contributed by atoms with E-state index in [1.54, 1.807) is 0 Å². The summed E-state index contributed by atoms with van der Waals surface area (Å²) < 4.78 is 0. The standard InChI is InChI=1S/C17H18N2O/c1-2-12-3-5-13(6-4-12)17(20)19-15-7-8-16-14(11-15)9-10-18-16/h3-8,11,18H,2,9-10H2,1H3,(H,19,20). The van der Waals surface area contributed by atoms with Gasteiger partial charge in [0.2, 0.25) is 0 Å². The summed E-state index contributed by atoms with van der Waals surface area (Å²) in [6, 6.07) is 13.8. The van der Waals surface area contributed by atoms with Gasteiger partial charge in [0.25, 0.3) is 5.91 Å². The largest absolute Gasteiger partial charge is 0.384 e. The van der Waals surface area contributed by atoms with Gasteiger partial charge in [-0.1, -0.05) is 19.1 Å².